The molecule has 5 heteroatoms. The van der Waals surface area contributed by atoms with Gasteiger partial charge in [0.15, 0.2) is 5.78 Å². The average Bonchev–Trinajstić information content (AvgIpc) is 2.97. The summed E-state index contributed by atoms with van der Waals surface area (Å²) in [6, 6.07) is 21.8. The fraction of sp³-hybridized carbons (Fsp3) is 0.231. The largest absolute Gasteiger partial charge is 0.494 e. The second-order valence-electron chi connectivity index (χ2n) is 7.93. The lowest BCUT2D eigenvalue weighted by Gasteiger charge is -2.29. The first-order valence-electron chi connectivity index (χ1n) is 10.8. The molecule has 0 bridgehead atoms. The Morgan fingerprint density at radius 2 is 1.74 bits per heavy atom. The smallest absolute Gasteiger partial charge is 0.163 e. The van der Waals surface area contributed by atoms with Crippen molar-refractivity contribution in [3.8, 4) is 5.75 Å². The molecule has 31 heavy (non-hydrogen) atoms. The zero-order chi connectivity index (χ0) is 21.2. The molecule has 5 rings (SSSR count). The van der Waals surface area contributed by atoms with Crippen LogP contribution in [0.1, 0.15) is 43.0 Å². The molecule has 1 aromatic heterocycles. The van der Waals surface area contributed by atoms with E-state index in [2.05, 4.69) is 27.8 Å². The number of nitrogens with one attached hydrogen (secondary N) is 2. The topological polar surface area (TPSA) is 63.2 Å². The van der Waals surface area contributed by atoms with Gasteiger partial charge in [-0.25, -0.2) is 0 Å². The van der Waals surface area contributed by atoms with Gasteiger partial charge in [0.1, 0.15) is 5.75 Å². The van der Waals surface area contributed by atoms with Crippen LogP contribution in [0, 0.1) is 0 Å². The van der Waals surface area contributed by atoms with Crippen molar-refractivity contribution in [2.45, 2.75) is 31.7 Å². The quantitative estimate of drug-likeness (QED) is 0.597. The number of nitrogens with zero attached hydrogens (tertiary/aromatic N) is 1. The van der Waals surface area contributed by atoms with E-state index >= 15 is 0 Å². The normalized spacial score (nSPS) is 20.1. The number of anilines is 2. The number of hydrogen-bond acceptors (Lipinski definition) is 5. The Morgan fingerprint density at radius 1 is 0.968 bits per heavy atom. The highest BCUT2D eigenvalue weighted by molar-refractivity contribution is 6.01. The molecule has 2 aromatic carbocycles. The number of Topliss-reactive ketones (excluding diaryl/α,β-unsaturated/α-hetero) is 1. The van der Waals surface area contributed by atoms with Gasteiger partial charge in [0, 0.05) is 23.9 Å². The van der Waals surface area contributed by atoms with Crippen LogP contribution in [-0.2, 0) is 4.79 Å². The van der Waals surface area contributed by atoms with Gasteiger partial charge < -0.3 is 15.4 Å². The Morgan fingerprint density at radius 3 is 2.48 bits per heavy atom. The molecule has 2 atom stereocenters. The number of ether oxygens (including phenoxy) is 1. The van der Waals surface area contributed by atoms with Crippen LogP contribution in [0.4, 0.5) is 11.4 Å². The van der Waals surface area contributed by atoms with Crippen LogP contribution in [0.25, 0.3) is 0 Å². The summed E-state index contributed by atoms with van der Waals surface area (Å²) >= 11 is 0. The minimum absolute atomic E-state index is 0.129. The first-order chi connectivity index (χ1) is 15.2. The number of carbonyl (C=O) groups excluding carboxylic acids is 1. The van der Waals surface area contributed by atoms with Crippen LogP contribution in [0.5, 0.6) is 5.75 Å². The van der Waals surface area contributed by atoms with Crippen molar-refractivity contribution in [1.82, 2.24) is 4.98 Å². The third-order valence-electron chi connectivity index (χ3n) is 5.96. The first-order valence-corrected chi connectivity index (χ1v) is 10.8. The van der Waals surface area contributed by atoms with Crippen molar-refractivity contribution >= 4 is 17.2 Å². The van der Waals surface area contributed by atoms with Gasteiger partial charge in [-0.2, -0.15) is 0 Å². The minimum Gasteiger partial charge on any atom is -0.494 e. The molecule has 0 radical (unpaired) electrons. The summed E-state index contributed by atoms with van der Waals surface area (Å²) < 4.78 is 5.57. The van der Waals surface area contributed by atoms with Gasteiger partial charge in [0.05, 0.1) is 29.7 Å². The molecule has 5 nitrogen and oxygen atoms in total. The molecule has 3 aromatic rings. The summed E-state index contributed by atoms with van der Waals surface area (Å²) in [7, 11) is 0. The van der Waals surface area contributed by atoms with E-state index in [0.717, 1.165) is 46.1 Å². The number of benzene rings is 2. The van der Waals surface area contributed by atoms with Crippen LogP contribution in [0.3, 0.4) is 0 Å². The molecule has 2 unspecified atom stereocenters. The predicted molar refractivity (Wildman–Crippen MR) is 122 cm³/mol. The van der Waals surface area contributed by atoms with Crippen molar-refractivity contribution in [3.63, 3.8) is 0 Å². The van der Waals surface area contributed by atoms with Crippen LogP contribution < -0.4 is 15.4 Å². The number of carbonyl (C=O) groups is 1. The number of hydrogen-bond donors (Lipinski definition) is 2. The molecular weight excluding hydrogens is 386 g/mol. The van der Waals surface area contributed by atoms with Crippen molar-refractivity contribution in [2.75, 3.05) is 17.2 Å². The molecule has 2 N–H and O–H groups in total. The van der Waals surface area contributed by atoms with Crippen LogP contribution in [-0.4, -0.2) is 17.4 Å². The molecule has 1 aliphatic heterocycles. The Bertz CT molecular complexity index is 1120. The van der Waals surface area contributed by atoms with E-state index in [1.54, 1.807) is 6.20 Å². The van der Waals surface area contributed by atoms with Crippen molar-refractivity contribution in [3.05, 3.63) is 95.5 Å². The van der Waals surface area contributed by atoms with E-state index < -0.39 is 0 Å². The molecule has 0 amide bonds. The molecule has 2 heterocycles. The maximum atomic E-state index is 13.5. The van der Waals surface area contributed by atoms with Crippen LogP contribution in [0.2, 0.25) is 0 Å². The monoisotopic (exact) mass is 411 g/mol. The number of para-hydroxylation sites is 2. The summed E-state index contributed by atoms with van der Waals surface area (Å²) in [5.74, 6) is 1.14. The van der Waals surface area contributed by atoms with E-state index in [-0.39, 0.29) is 17.7 Å². The summed E-state index contributed by atoms with van der Waals surface area (Å²) in [5.41, 5.74) is 5.72. The third kappa shape index (κ3) is 3.79. The van der Waals surface area contributed by atoms with Gasteiger partial charge in [-0.3, -0.25) is 9.78 Å². The molecule has 2 aliphatic rings. The Balaban J connectivity index is 1.54. The SMILES string of the molecule is CCOc1ccc(C2CC(=O)C3=C(C2)Nc2ccccc2NC3c2ccccn2)cc1. The number of fused-ring (bicyclic) bond motifs is 1. The lowest BCUT2D eigenvalue weighted by Crippen LogP contribution is -2.27. The predicted octanol–water partition coefficient (Wildman–Crippen LogP) is 5.46. The maximum Gasteiger partial charge on any atom is 0.163 e. The fourth-order valence-corrected chi connectivity index (χ4v) is 4.50. The van der Waals surface area contributed by atoms with Gasteiger partial charge in [-0.1, -0.05) is 30.3 Å². The zero-order valence-electron chi connectivity index (χ0n) is 17.5. The zero-order valence-corrected chi connectivity index (χ0v) is 17.5. The highest BCUT2D eigenvalue weighted by Crippen LogP contribution is 2.43. The minimum atomic E-state index is -0.277. The summed E-state index contributed by atoms with van der Waals surface area (Å²) in [6.07, 6.45) is 3.03. The number of allylic oxidation sites excluding steroid dienone is 1. The highest BCUT2D eigenvalue weighted by atomic mass is 16.5. The van der Waals surface area contributed by atoms with Crippen molar-refractivity contribution < 1.29 is 9.53 Å². The number of pyridine rings is 1. The molecule has 0 spiro atoms. The van der Waals surface area contributed by atoms with Gasteiger partial charge in [-0.05, 0) is 61.2 Å². The van der Waals surface area contributed by atoms with E-state index in [4.69, 9.17) is 4.74 Å². The van der Waals surface area contributed by atoms with Gasteiger partial charge >= 0.3 is 0 Å². The standard InChI is InChI=1S/C26H25N3O2/c1-2-31-19-12-10-17(11-13-19)18-15-23-25(24(30)16-18)26(22-9-5-6-14-27-22)29-21-8-4-3-7-20(21)28-23/h3-14,18,26,28-29H,2,15-16H2,1H3. The number of ketones is 1. The van der Waals surface area contributed by atoms with Crippen molar-refractivity contribution in [2.24, 2.45) is 0 Å². The number of rotatable bonds is 4. The second-order valence-corrected chi connectivity index (χ2v) is 7.93. The fourth-order valence-electron chi connectivity index (χ4n) is 4.50. The Labute approximate surface area is 182 Å². The summed E-state index contributed by atoms with van der Waals surface area (Å²) in [6.45, 7) is 2.62. The van der Waals surface area contributed by atoms with Gasteiger partial charge in [-0.15, -0.1) is 0 Å². The van der Waals surface area contributed by atoms with Gasteiger partial charge in [0.2, 0.25) is 0 Å². The summed E-state index contributed by atoms with van der Waals surface area (Å²) in [5, 5.41) is 7.13. The molecule has 0 saturated heterocycles. The molecule has 1 aliphatic carbocycles. The molecule has 156 valence electrons. The Hall–Kier alpha value is -3.60. The Kier molecular flexibility index (Phi) is 5.16. The van der Waals surface area contributed by atoms with E-state index in [1.807, 2.05) is 61.5 Å². The second kappa shape index (κ2) is 8.26. The average molecular weight is 412 g/mol. The van der Waals surface area contributed by atoms with Gasteiger partial charge in [0.25, 0.3) is 0 Å². The van der Waals surface area contributed by atoms with Crippen LogP contribution in [0.15, 0.2) is 84.2 Å². The lowest BCUT2D eigenvalue weighted by molar-refractivity contribution is -0.116. The third-order valence-corrected chi connectivity index (χ3v) is 5.96. The molecule has 0 saturated carbocycles. The summed E-state index contributed by atoms with van der Waals surface area (Å²) in [4.78, 5) is 18.0. The maximum absolute atomic E-state index is 13.5. The van der Waals surface area contributed by atoms with E-state index in [1.165, 1.54) is 0 Å². The number of aromatic nitrogens is 1. The lowest BCUT2D eigenvalue weighted by atomic mass is 9.79. The van der Waals surface area contributed by atoms with E-state index in [0.29, 0.717) is 13.0 Å². The molecular formula is C26H25N3O2. The van der Waals surface area contributed by atoms with Crippen LogP contribution >= 0.6 is 0 Å². The molecule has 0 fully saturated rings. The highest BCUT2D eigenvalue weighted by Gasteiger charge is 2.36. The first kappa shape index (κ1) is 19.4. The van der Waals surface area contributed by atoms with E-state index in [9.17, 15) is 4.79 Å². The van der Waals surface area contributed by atoms with Crippen molar-refractivity contribution in [1.29, 1.82) is 0 Å².